The molecule has 0 spiro atoms. The van der Waals surface area contributed by atoms with Gasteiger partial charge >= 0.3 is 0 Å². The van der Waals surface area contributed by atoms with Gasteiger partial charge in [-0.3, -0.25) is 0 Å². The minimum Gasteiger partial charge on any atom is -0.409 e. The van der Waals surface area contributed by atoms with Crippen LogP contribution in [0.25, 0.3) is 0 Å². The monoisotopic (exact) mass is 187 g/mol. The van der Waals surface area contributed by atoms with Gasteiger partial charge in [0.1, 0.15) is 5.84 Å². The average molecular weight is 187 g/mol. The van der Waals surface area contributed by atoms with E-state index in [1.165, 1.54) is 0 Å². The molecular formula is C9H21N3O. The molecule has 13 heavy (non-hydrogen) atoms. The standard InChI is InChI=1S/C9H21N3O/c1-4-6-12(3)8(5-2)7-9(10)11-13/h8,13H,4-7H2,1-3H3,(H2,10,11). The summed E-state index contributed by atoms with van der Waals surface area (Å²) < 4.78 is 0. The average Bonchev–Trinajstić information content (AvgIpc) is 2.14. The maximum absolute atomic E-state index is 8.44. The first-order chi connectivity index (χ1) is 6.15. The molecule has 78 valence electrons. The molecule has 0 aromatic rings. The first-order valence-corrected chi connectivity index (χ1v) is 4.82. The quantitative estimate of drug-likeness (QED) is 0.285. The Morgan fingerprint density at radius 2 is 2.15 bits per heavy atom. The molecule has 0 aliphatic heterocycles. The molecule has 0 aliphatic carbocycles. The van der Waals surface area contributed by atoms with Crippen molar-refractivity contribution in [3.63, 3.8) is 0 Å². The van der Waals surface area contributed by atoms with Crippen molar-refractivity contribution in [3.8, 4) is 0 Å². The fraction of sp³-hybridized carbons (Fsp3) is 0.889. The van der Waals surface area contributed by atoms with Crippen LogP contribution in [0, 0.1) is 0 Å². The molecule has 0 saturated carbocycles. The van der Waals surface area contributed by atoms with Gasteiger partial charge in [-0.2, -0.15) is 0 Å². The smallest absolute Gasteiger partial charge is 0.140 e. The zero-order valence-electron chi connectivity index (χ0n) is 8.82. The van der Waals surface area contributed by atoms with Crippen LogP contribution in [0.1, 0.15) is 33.1 Å². The minimum atomic E-state index is 0.315. The predicted molar refractivity (Wildman–Crippen MR) is 55.0 cm³/mol. The van der Waals surface area contributed by atoms with E-state index < -0.39 is 0 Å². The second-order valence-electron chi connectivity index (χ2n) is 3.34. The third kappa shape index (κ3) is 4.72. The highest BCUT2D eigenvalue weighted by molar-refractivity contribution is 5.80. The van der Waals surface area contributed by atoms with Gasteiger partial charge in [0, 0.05) is 12.5 Å². The van der Waals surface area contributed by atoms with E-state index in [2.05, 4.69) is 31.0 Å². The highest BCUT2D eigenvalue weighted by Gasteiger charge is 2.13. The van der Waals surface area contributed by atoms with Crippen LogP contribution in [0.3, 0.4) is 0 Å². The summed E-state index contributed by atoms with van der Waals surface area (Å²) in [5.41, 5.74) is 5.46. The van der Waals surface area contributed by atoms with Gasteiger partial charge in [0.15, 0.2) is 0 Å². The lowest BCUT2D eigenvalue weighted by Crippen LogP contribution is -2.35. The van der Waals surface area contributed by atoms with E-state index in [9.17, 15) is 0 Å². The number of amidine groups is 1. The summed E-state index contributed by atoms with van der Waals surface area (Å²) in [6.45, 7) is 5.31. The normalized spacial score (nSPS) is 14.9. The van der Waals surface area contributed by atoms with Crippen molar-refractivity contribution >= 4 is 5.84 Å². The summed E-state index contributed by atoms with van der Waals surface area (Å²) in [5, 5.41) is 11.4. The zero-order chi connectivity index (χ0) is 10.3. The van der Waals surface area contributed by atoms with Crippen molar-refractivity contribution in [2.45, 2.75) is 39.2 Å². The summed E-state index contributed by atoms with van der Waals surface area (Å²) in [7, 11) is 2.07. The van der Waals surface area contributed by atoms with Gasteiger partial charge in [-0.1, -0.05) is 19.0 Å². The van der Waals surface area contributed by atoms with Crippen LogP contribution in [-0.4, -0.2) is 35.6 Å². The van der Waals surface area contributed by atoms with E-state index in [-0.39, 0.29) is 0 Å². The second kappa shape index (κ2) is 6.71. The van der Waals surface area contributed by atoms with Crippen molar-refractivity contribution in [2.24, 2.45) is 10.9 Å². The molecule has 0 aliphatic rings. The van der Waals surface area contributed by atoms with Gasteiger partial charge in [0.25, 0.3) is 0 Å². The Balaban J connectivity index is 4.01. The summed E-state index contributed by atoms with van der Waals surface area (Å²) in [5.74, 6) is 0.315. The lowest BCUT2D eigenvalue weighted by atomic mass is 10.1. The van der Waals surface area contributed by atoms with E-state index in [0.29, 0.717) is 18.3 Å². The summed E-state index contributed by atoms with van der Waals surface area (Å²) in [4.78, 5) is 2.25. The maximum Gasteiger partial charge on any atom is 0.140 e. The molecule has 1 atom stereocenters. The summed E-state index contributed by atoms with van der Waals surface area (Å²) in [6.07, 6.45) is 2.79. The van der Waals surface area contributed by atoms with Gasteiger partial charge < -0.3 is 15.8 Å². The van der Waals surface area contributed by atoms with Crippen LogP contribution < -0.4 is 5.73 Å². The van der Waals surface area contributed by atoms with E-state index in [4.69, 9.17) is 10.9 Å². The molecule has 4 nitrogen and oxygen atoms in total. The van der Waals surface area contributed by atoms with Crippen LogP contribution in [-0.2, 0) is 0 Å². The van der Waals surface area contributed by atoms with Gasteiger partial charge in [-0.25, -0.2) is 0 Å². The fourth-order valence-corrected chi connectivity index (χ4v) is 1.43. The largest absolute Gasteiger partial charge is 0.409 e. The van der Waals surface area contributed by atoms with E-state index in [0.717, 1.165) is 19.4 Å². The van der Waals surface area contributed by atoms with Crippen molar-refractivity contribution in [2.75, 3.05) is 13.6 Å². The van der Waals surface area contributed by atoms with Gasteiger partial charge in [0.2, 0.25) is 0 Å². The van der Waals surface area contributed by atoms with Crippen LogP contribution in [0.4, 0.5) is 0 Å². The Morgan fingerprint density at radius 1 is 1.54 bits per heavy atom. The van der Waals surface area contributed by atoms with Gasteiger partial charge in [-0.05, 0) is 26.4 Å². The predicted octanol–water partition coefficient (Wildman–Crippen LogP) is 1.24. The van der Waals surface area contributed by atoms with Crippen LogP contribution >= 0.6 is 0 Å². The number of nitrogens with two attached hydrogens (primary N) is 1. The highest BCUT2D eigenvalue weighted by Crippen LogP contribution is 2.06. The Kier molecular flexibility index (Phi) is 6.32. The third-order valence-corrected chi connectivity index (χ3v) is 2.24. The third-order valence-electron chi connectivity index (χ3n) is 2.24. The zero-order valence-corrected chi connectivity index (χ0v) is 8.82. The molecule has 0 amide bonds. The van der Waals surface area contributed by atoms with E-state index in [1.54, 1.807) is 0 Å². The summed E-state index contributed by atoms with van der Waals surface area (Å²) in [6, 6.07) is 0.385. The first-order valence-electron chi connectivity index (χ1n) is 4.82. The summed E-state index contributed by atoms with van der Waals surface area (Å²) >= 11 is 0. The number of nitrogens with zero attached hydrogens (tertiary/aromatic N) is 2. The first kappa shape index (κ1) is 12.2. The Hall–Kier alpha value is -0.770. The van der Waals surface area contributed by atoms with Crippen LogP contribution in [0.2, 0.25) is 0 Å². The molecule has 3 N–H and O–H groups in total. The molecule has 4 heteroatoms. The SMILES string of the molecule is CCCN(C)C(CC)C/C(N)=N/O. The fourth-order valence-electron chi connectivity index (χ4n) is 1.43. The molecule has 0 rings (SSSR count). The molecule has 0 aromatic heterocycles. The molecule has 1 unspecified atom stereocenters. The van der Waals surface area contributed by atoms with Crippen molar-refractivity contribution in [1.29, 1.82) is 0 Å². The Morgan fingerprint density at radius 3 is 2.54 bits per heavy atom. The lowest BCUT2D eigenvalue weighted by molar-refractivity contribution is 0.238. The molecule has 0 aromatic carbocycles. The van der Waals surface area contributed by atoms with Crippen molar-refractivity contribution in [3.05, 3.63) is 0 Å². The van der Waals surface area contributed by atoms with E-state index in [1.807, 2.05) is 0 Å². The molecule has 0 saturated heterocycles. The lowest BCUT2D eigenvalue weighted by Gasteiger charge is -2.26. The molecule has 0 fully saturated rings. The van der Waals surface area contributed by atoms with Crippen molar-refractivity contribution in [1.82, 2.24) is 4.90 Å². The van der Waals surface area contributed by atoms with Gasteiger partial charge in [0.05, 0.1) is 0 Å². The van der Waals surface area contributed by atoms with Crippen LogP contribution in [0.5, 0.6) is 0 Å². The Labute approximate surface area is 80.4 Å². The molecule has 0 radical (unpaired) electrons. The molecule has 0 heterocycles. The molecular weight excluding hydrogens is 166 g/mol. The van der Waals surface area contributed by atoms with Crippen molar-refractivity contribution < 1.29 is 5.21 Å². The highest BCUT2D eigenvalue weighted by atomic mass is 16.4. The number of rotatable bonds is 6. The van der Waals surface area contributed by atoms with Crippen LogP contribution in [0.15, 0.2) is 5.16 Å². The Bertz CT molecular complexity index is 159. The van der Waals surface area contributed by atoms with E-state index >= 15 is 0 Å². The molecule has 0 bridgehead atoms. The van der Waals surface area contributed by atoms with Gasteiger partial charge in [-0.15, -0.1) is 0 Å². The topological polar surface area (TPSA) is 61.8 Å². The number of hydrogen-bond donors (Lipinski definition) is 2. The number of hydrogen-bond acceptors (Lipinski definition) is 3. The minimum absolute atomic E-state index is 0.315. The number of oxime groups is 1. The second-order valence-corrected chi connectivity index (χ2v) is 3.34. The maximum atomic E-state index is 8.44.